The monoisotopic (exact) mass is 333 g/mol. The zero-order chi connectivity index (χ0) is 17.6. The average Bonchev–Trinajstić information content (AvgIpc) is 2.97. The Bertz CT molecular complexity index is 878. The summed E-state index contributed by atoms with van der Waals surface area (Å²) in [6.07, 6.45) is 3.55. The Labute approximate surface area is 148 Å². The molecule has 128 valence electrons. The van der Waals surface area contributed by atoms with Gasteiger partial charge in [0.1, 0.15) is 5.82 Å². The van der Waals surface area contributed by atoms with Crippen LogP contribution in [0.4, 0.5) is 0 Å². The molecular weight excluding hydrogens is 310 g/mol. The molecule has 3 rings (SSSR count). The first-order chi connectivity index (χ1) is 12.2. The number of imidazole rings is 1. The first kappa shape index (κ1) is 17.0. The predicted molar refractivity (Wildman–Crippen MR) is 102 cm³/mol. The van der Waals surface area contributed by atoms with E-state index in [1.165, 1.54) is 0 Å². The predicted octanol–water partition coefficient (Wildman–Crippen LogP) is 3.89. The number of carbonyl (C=O) groups excluding carboxylic acids is 1. The molecule has 0 atom stereocenters. The van der Waals surface area contributed by atoms with Crippen molar-refractivity contribution in [2.75, 3.05) is 6.54 Å². The number of aromatic nitrogens is 2. The molecule has 0 spiro atoms. The molecule has 0 aliphatic heterocycles. The molecule has 4 heteroatoms. The summed E-state index contributed by atoms with van der Waals surface area (Å²) in [5, 5.41) is 2.98. The maximum atomic E-state index is 12.1. The Morgan fingerprint density at radius 2 is 1.96 bits per heavy atom. The van der Waals surface area contributed by atoms with E-state index in [9.17, 15) is 4.79 Å². The van der Waals surface area contributed by atoms with Crippen molar-refractivity contribution in [3.63, 3.8) is 0 Å². The number of allylic oxidation sites excluding steroid dienone is 1. The van der Waals surface area contributed by atoms with Crippen molar-refractivity contribution in [2.24, 2.45) is 0 Å². The van der Waals surface area contributed by atoms with Crippen molar-refractivity contribution in [2.45, 2.75) is 26.3 Å². The third kappa shape index (κ3) is 3.97. The SMILES string of the molecule is C=CCn1c(CCCNC(=O)c2ccc(C)cc2)nc2ccccc21. The van der Waals surface area contributed by atoms with Crippen molar-refractivity contribution >= 4 is 16.9 Å². The minimum absolute atomic E-state index is 0.0282. The fourth-order valence-electron chi connectivity index (χ4n) is 2.90. The number of amides is 1. The quantitative estimate of drug-likeness (QED) is 0.527. The molecule has 4 nitrogen and oxygen atoms in total. The molecule has 0 unspecified atom stereocenters. The molecule has 0 radical (unpaired) electrons. The number of hydrogen-bond donors (Lipinski definition) is 1. The molecular formula is C21H23N3O. The Balaban J connectivity index is 1.59. The second-order valence-electron chi connectivity index (χ2n) is 6.14. The van der Waals surface area contributed by atoms with Gasteiger partial charge in [0.25, 0.3) is 5.91 Å². The Morgan fingerprint density at radius 1 is 1.20 bits per heavy atom. The van der Waals surface area contributed by atoms with E-state index in [0.717, 1.165) is 41.8 Å². The van der Waals surface area contributed by atoms with Gasteiger partial charge in [0.05, 0.1) is 11.0 Å². The van der Waals surface area contributed by atoms with Crippen LogP contribution in [0.15, 0.2) is 61.2 Å². The van der Waals surface area contributed by atoms with E-state index >= 15 is 0 Å². The maximum absolute atomic E-state index is 12.1. The van der Waals surface area contributed by atoms with Crippen LogP contribution in [0.2, 0.25) is 0 Å². The van der Waals surface area contributed by atoms with Gasteiger partial charge < -0.3 is 9.88 Å². The first-order valence-corrected chi connectivity index (χ1v) is 8.59. The minimum atomic E-state index is -0.0282. The second kappa shape index (κ2) is 7.79. The number of nitrogens with zero attached hydrogens (tertiary/aromatic N) is 2. The second-order valence-corrected chi connectivity index (χ2v) is 6.14. The van der Waals surface area contributed by atoms with Gasteiger partial charge in [-0.15, -0.1) is 6.58 Å². The summed E-state index contributed by atoms with van der Waals surface area (Å²) in [4.78, 5) is 16.9. The first-order valence-electron chi connectivity index (χ1n) is 8.59. The van der Waals surface area contributed by atoms with Gasteiger partial charge >= 0.3 is 0 Å². The lowest BCUT2D eigenvalue weighted by molar-refractivity contribution is 0.0953. The summed E-state index contributed by atoms with van der Waals surface area (Å²) in [5.41, 5.74) is 3.98. The molecule has 0 aliphatic carbocycles. The molecule has 1 heterocycles. The Kier molecular flexibility index (Phi) is 5.29. The summed E-state index contributed by atoms with van der Waals surface area (Å²) in [5.74, 6) is 1.00. The smallest absolute Gasteiger partial charge is 0.251 e. The molecule has 3 aromatic rings. The average molecular weight is 333 g/mol. The van der Waals surface area contributed by atoms with E-state index in [4.69, 9.17) is 4.98 Å². The van der Waals surface area contributed by atoms with E-state index in [1.807, 2.05) is 55.5 Å². The number of aryl methyl sites for hydroxylation is 2. The fraction of sp³-hybridized carbons (Fsp3) is 0.238. The van der Waals surface area contributed by atoms with Crippen LogP contribution in [-0.4, -0.2) is 22.0 Å². The van der Waals surface area contributed by atoms with Crippen LogP contribution >= 0.6 is 0 Å². The molecule has 0 saturated carbocycles. The third-order valence-electron chi connectivity index (χ3n) is 4.22. The summed E-state index contributed by atoms with van der Waals surface area (Å²) in [6, 6.07) is 15.7. The van der Waals surface area contributed by atoms with Crippen LogP contribution in [0, 0.1) is 6.92 Å². The van der Waals surface area contributed by atoms with Crippen molar-refractivity contribution in [1.29, 1.82) is 0 Å². The number of benzene rings is 2. The summed E-state index contributed by atoms with van der Waals surface area (Å²) in [7, 11) is 0. The maximum Gasteiger partial charge on any atom is 0.251 e. The Hall–Kier alpha value is -2.88. The number of para-hydroxylation sites is 2. The molecule has 2 aromatic carbocycles. The van der Waals surface area contributed by atoms with Crippen molar-refractivity contribution in [3.05, 3.63) is 78.1 Å². The molecule has 0 saturated heterocycles. The highest BCUT2D eigenvalue weighted by molar-refractivity contribution is 5.94. The van der Waals surface area contributed by atoms with Crippen LogP contribution in [0.3, 0.4) is 0 Å². The summed E-state index contributed by atoms with van der Waals surface area (Å²) < 4.78 is 2.18. The molecule has 25 heavy (non-hydrogen) atoms. The molecule has 1 aromatic heterocycles. The van der Waals surface area contributed by atoms with E-state index in [0.29, 0.717) is 12.1 Å². The van der Waals surface area contributed by atoms with Crippen molar-refractivity contribution in [3.8, 4) is 0 Å². The number of fused-ring (bicyclic) bond motifs is 1. The standard InChI is InChI=1S/C21H23N3O/c1-3-15-24-19-8-5-4-7-18(19)23-20(24)9-6-14-22-21(25)17-12-10-16(2)11-13-17/h3-5,7-8,10-13H,1,6,9,14-15H2,2H3,(H,22,25). The number of nitrogens with one attached hydrogen (secondary N) is 1. The van der Waals surface area contributed by atoms with Gasteiger partial charge in [0, 0.05) is 25.1 Å². The molecule has 0 aliphatic rings. The van der Waals surface area contributed by atoms with Crippen LogP contribution in [0.5, 0.6) is 0 Å². The number of hydrogen-bond acceptors (Lipinski definition) is 2. The van der Waals surface area contributed by atoms with Gasteiger partial charge in [0.15, 0.2) is 0 Å². The molecule has 1 amide bonds. The van der Waals surface area contributed by atoms with Crippen LogP contribution in [0.25, 0.3) is 11.0 Å². The van der Waals surface area contributed by atoms with E-state index in [-0.39, 0.29) is 5.91 Å². The van der Waals surface area contributed by atoms with Crippen LogP contribution in [0.1, 0.15) is 28.2 Å². The third-order valence-corrected chi connectivity index (χ3v) is 4.22. The highest BCUT2D eigenvalue weighted by Crippen LogP contribution is 2.17. The zero-order valence-corrected chi connectivity index (χ0v) is 14.5. The molecule has 0 bridgehead atoms. The largest absolute Gasteiger partial charge is 0.352 e. The Morgan fingerprint density at radius 3 is 2.72 bits per heavy atom. The summed E-state index contributed by atoms with van der Waals surface area (Å²) in [6.45, 7) is 7.22. The fourth-order valence-corrected chi connectivity index (χ4v) is 2.90. The lowest BCUT2D eigenvalue weighted by Crippen LogP contribution is -2.25. The topological polar surface area (TPSA) is 46.9 Å². The van der Waals surface area contributed by atoms with Crippen molar-refractivity contribution in [1.82, 2.24) is 14.9 Å². The van der Waals surface area contributed by atoms with Gasteiger partial charge in [-0.25, -0.2) is 4.98 Å². The van der Waals surface area contributed by atoms with E-state index < -0.39 is 0 Å². The highest BCUT2D eigenvalue weighted by Gasteiger charge is 2.09. The normalized spacial score (nSPS) is 10.8. The number of carbonyl (C=O) groups is 1. The molecule has 0 fully saturated rings. The summed E-state index contributed by atoms with van der Waals surface area (Å²) >= 11 is 0. The lowest BCUT2D eigenvalue weighted by atomic mass is 10.1. The van der Waals surface area contributed by atoms with Gasteiger partial charge in [0.2, 0.25) is 0 Å². The van der Waals surface area contributed by atoms with Crippen molar-refractivity contribution < 1.29 is 4.79 Å². The van der Waals surface area contributed by atoms with Crippen LogP contribution < -0.4 is 5.32 Å². The lowest BCUT2D eigenvalue weighted by Gasteiger charge is -2.08. The van der Waals surface area contributed by atoms with Gasteiger partial charge in [-0.1, -0.05) is 35.9 Å². The van der Waals surface area contributed by atoms with Crippen LogP contribution in [-0.2, 0) is 13.0 Å². The highest BCUT2D eigenvalue weighted by atomic mass is 16.1. The zero-order valence-electron chi connectivity index (χ0n) is 14.5. The number of rotatable bonds is 7. The molecule has 1 N–H and O–H groups in total. The van der Waals surface area contributed by atoms with E-state index in [1.54, 1.807) is 0 Å². The van der Waals surface area contributed by atoms with E-state index in [2.05, 4.69) is 22.5 Å². The van der Waals surface area contributed by atoms with Gasteiger partial charge in [-0.05, 0) is 37.6 Å². The van der Waals surface area contributed by atoms with Gasteiger partial charge in [-0.3, -0.25) is 4.79 Å². The minimum Gasteiger partial charge on any atom is -0.352 e. The van der Waals surface area contributed by atoms with Gasteiger partial charge in [-0.2, -0.15) is 0 Å².